The van der Waals surface area contributed by atoms with Crippen molar-refractivity contribution in [2.45, 2.75) is 57.4 Å². The van der Waals surface area contributed by atoms with Gasteiger partial charge in [-0.2, -0.15) is 0 Å². The van der Waals surface area contributed by atoms with E-state index in [9.17, 15) is 0 Å². The maximum atomic E-state index is 5.04. The minimum Gasteiger partial charge on any atom is -0.351 e. The molecule has 1 saturated carbocycles. The predicted octanol–water partition coefficient (Wildman–Crippen LogP) is 2.84. The summed E-state index contributed by atoms with van der Waals surface area (Å²) in [6.07, 6.45) is 11.9. The van der Waals surface area contributed by atoms with Crippen molar-refractivity contribution in [3.8, 4) is 0 Å². The Hall–Kier alpha value is -2.18. The maximum Gasteiger partial charge on any atom is 0.176 e. The number of imidazole rings is 1. The summed E-state index contributed by atoms with van der Waals surface area (Å²) in [5.41, 5.74) is 4.76. The first-order valence-electron chi connectivity index (χ1n) is 11.3. The number of rotatable bonds is 3. The van der Waals surface area contributed by atoms with E-state index in [1.807, 2.05) is 6.21 Å². The fourth-order valence-electron chi connectivity index (χ4n) is 5.26. The van der Waals surface area contributed by atoms with Crippen LogP contribution in [0.5, 0.6) is 0 Å². The van der Waals surface area contributed by atoms with E-state index < -0.39 is 0 Å². The summed E-state index contributed by atoms with van der Waals surface area (Å²) in [5.74, 6) is 1.25. The van der Waals surface area contributed by atoms with Crippen LogP contribution in [-0.2, 0) is 13.0 Å². The molecule has 1 saturated heterocycles. The zero-order valence-electron chi connectivity index (χ0n) is 17.1. The second-order valence-electron chi connectivity index (χ2n) is 8.89. The van der Waals surface area contributed by atoms with E-state index in [1.165, 1.54) is 49.0 Å². The first-order chi connectivity index (χ1) is 14.3. The molecule has 0 amide bonds. The summed E-state index contributed by atoms with van der Waals surface area (Å²) >= 11 is 0. The minimum atomic E-state index is 0.0735. The molecule has 1 unspecified atom stereocenters. The van der Waals surface area contributed by atoms with Gasteiger partial charge in [-0.15, -0.1) is 0 Å². The van der Waals surface area contributed by atoms with E-state index in [0.29, 0.717) is 0 Å². The van der Waals surface area contributed by atoms with Crippen molar-refractivity contribution in [2.24, 2.45) is 4.99 Å². The molecule has 4 heterocycles. The predicted molar refractivity (Wildman–Crippen MR) is 117 cm³/mol. The van der Waals surface area contributed by atoms with Gasteiger partial charge < -0.3 is 9.88 Å². The smallest absolute Gasteiger partial charge is 0.176 e. The Kier molecular flexibility index (Phi) is 4.42. The van der Waals surface area contributed by atoms with Crippen molar-refractivity contribution < 1.29 is 0 Å². The van der Waals surface area contributed by atoms with Crippen molar-refractivity contribution in [1.82, 2.24) is 24.7 Å². The van der Waals surface area contributed by atoms with Crippen molar-refractivity contribution in [2.75, 3.05) is 26.2 Å². The molecular weight excluding hydrogens is 360 g/mol. The van der Waals surface area contributed by atoms with Crippen LogP contribution in [0.15, 0.2) is 29.3 Å². The number of nitrogens with zero attached hydrogens (tertiary/aromatic N) is 5. The van der Waals surface area contributed by atoms with Crippen LogP contribution in [0.4, 0.5) is 0 Å². The van der Waals surface area contributed by atoms with Crippen molar-refractivity contribution in [3.05, 3.63) is 35.7 Å². The van der Waals surface area contributed by atoms with Gasteiger partial charge >= 0.3 is 0 Å². The third kappa shape index (κ3) is 3.19. The van der Waals surface area contributed by atoms with E-state index in [-0.39, 0.29) is 6.29 Å². The van der Waals surface area contributed by atoms with Gasteiger partial charge in [0.05, 0.1) is 11.0 Å². The van der Waals surface area contributed by atoms with Crippen LogP contribution in [0.2, 0.25) is 0 Å². The van der Waals surface area contributed by atoms with Crippen molar-refractivity contribution in [1.29, 1.82) is 0 Å². The Balaban J connectivity index is 1.24. The SMILES string of the molecule is C1=NC(N2CCCC2)NC(c2ccc3c(c2)nc2n3CCN(C3CCC3)CC2)=C1. The second-order valence-corrected chi connectivity index (χ2v) is 8.89. The highest BCUT2D eigenvalue weighted by molar-refractivity contribution is 5.88. The monoisotopic (exact) mass is 390 g/mol. The summed E-state index contributed by atoms with van der Waals surface area (Å²) in [6.45, 7) is 5.64. The van der Waals surface area contributed by atoms with Crippen LogP contribution in [0.1, 0.15) is 43.5 Å². The highest BCUT2D eigenvalue weighted by atomic mass is 15.4. The summed E-state index contributed by atoms with van der Waals surface area (Å²) in [5, 5.41) is 3.63. The Bertz CT molecular complexity index is 963. The number of likely N-dealkylation sites (tertiary alicyclic amines) is 1. The van der Waals surface area contributed by atoms with Crippen LogP contribution in [0, 0.1) is 0 Å². The largest absolute Gasteiger partial charge is 0.351 e. The fourth-order valence-corrected chi connectivity index (χ4v) is 5.26. The lowest BCUT2D eigenvalue weighted by Crippen LogP contribution is -2.43. The van der Waals surface area contributed by atoms with Gasteiger partial charge in [0.15, 0.2) is 6.29 Å². The molecule has 3 aliphatic heterocycles. The topological polar surface area (TPSA) is 48.7 Å². The van der Waals surface area contributed by atoms with Crippen LogP contribution >= 0.6 is 0 Å². The molecule has 2 fully saturated rings. The molecule has 152 valence electrons. The van der Waals surface area contributed by atoms with Gasteiger partial charge in [0.2, 0.25) is 0 Å². The van der Waals surface area contributed by atoms with Gasteiger partial charge in [-0.1, -0.05) is 12.5 Å². The molecule has 6 rings (SSSR count). The summed E-state index contributed by atoms with van der Waals surface area (Å²) < 4.78 is 2.45. The lowest BCUT2D eigenvalue weighted by Gasteiger charge is -2.36. The Morgan fingerprint density at radius 2 is 1.83 bits per heavy atom. The van der Waals surface area contributed by atoms with Gasteiger partial charge in [-0.25, -0.2) is 4.98 Å². The third-order valence-electron chi connectivity index (χ3n) is 7.20. The van der Waals surface area contributed by atoms with Crippen LogP contribution in [0.3, 0.4) is 0 Å². The second kappa shape index (κ2) is 7.26. The Morgan fingerprint density at radius 3 is 2.66 bits per heavy atom. The van der Waals surface area contributed by atoms with Gasteiger partial charge in [0.25, 0.3) is 0 Å². The number of hydrogen-bond donors (Lipinski definition) is 1. The van der Waals surface area contributed by atoms with E-state index in [4.69, 9.17) is 4.98 Å². The molecule has 6 nitrogen and oxygen atoms in total. The van der Waals surface area contributed by atoms with Crippen molar-refractivity contribution >= 4 is 22.9 Å². The maximum absolute atomic E-state index is 5.04. The molecule has 6 heteroatoms. The van der Waals surface area contributed by atoms with Gasteiger partial charge in [0, 0.05) is 62.7 Å². The average molecular weight is 391 g/mol. The first kappa shape index (κ1) is 17.7. The number of nitrogens with one attached hydrogen (secondary N) is 1. The summed E-state index contributed by atoms with van der Waals surface area (Å²) in [7, 11) is 0. The molecular formula is C23H30N6. The fraction of sp³-hybridized carbons (Fsp3) is 0.565. The highest BCUT2D eigenvalue weighted by Gasteiger charge is 2.27. The van der Waals surface area contributed by atoms with E-state index >= 15 is 0 Å². The lowest BCUT2D eigenvalue weighted by molar-refractivity contribution is 0.130. The Labute approximate surface area is 172 Å². The molecule has 0 bridgehead atoms. The highest BCUT2D eigenvalue weighted by Crippen LogP contribution is 2.28. The zero-order valence-corrected chi connectivity index (χ0v) is 17.1. The normalized spacial score (nSPS) is 26.1. The van der Waals surface area contributed by atoms with Crippen molar-refractivity contribution in [3.63, 3.8) is 0 Å². The van der Waals surface area contributed by atoms with E-state index in [2.05, 4.69) is 49.0 Å². The molecule has 29 heavy (non-hydrogen) atoms. The van der Waals surface area contributed by atoms with E-state index in [1.54, 1.807) is 0 Å². The van der Waals surface area contributed by atoms with Crippen LogP contribution in [-0.4, -0.2) is 64.1 Å². The average Bonchev–Trinajstić information content (AvgIpc) is 3.32. The summed E-state index contributed by atoms with van der Waals surface area (Å²) in [4.78, 5) is 14.8. The van der Waals surface area contributed by atoms with Gasteiger partial charge in [0.1, 0.15) is 5.82 Å². The van der Waals surface area contributed by atoms with Gasteiger partial charge in [-0.3, -0.25) is 14.8 Å². The lowest BCUT2D eigenvalue weighted by atomic mass is 9.91. The number of fused-ring (bicyclic) bond motifs is 3. The van der Waals surface area contributed by atoms with Crippen LogP contribution in [0.25, 0.3) is 16.7 Å². The van der Waals surface area contributed by atoms with Crippen LogP contribution < -0.4 is 5.32 Å². The zero-order chi connectivity index (χ0) is 19.2. The molecule has 1 atom stereocenters. The van der Waals surface area contributed by atoms with E-state index in [0.717, 1.165) is 56.4 Å². The number of aliphatic imine (C=N–C) groups is 1. The molecule has 0 radical (unpaired) electrons. The molecule has 1 aliphatic carbocycles. The first-order valence-corrected chi connectivity index (χ1v) is 11.3. The number of allylic oxidation sites excluding steroid dienone is 1. The minimum absolute atomic E-state index is 0.0735. The molecule has 0 spiro atoms. The molecule has 1 aromatic heterocycles. The quantitative estimate of drug-likeness (QED) is 0.876. The summed E-state index contributed by atoms with van der Waals surface area (Å²) in [6, 6.07) is 7.58. The molecule has 1 aromatic carbocycles. The standard InChI is InChI=1S/C23H30N6/c1-2-12-28(11-1)23-24-10-8-19(26-23)17-6-7-21-20(16-17)25-22-9-13-27(14-15-29(21)22)18-4-3-5-18/h6-8,10,16,18,23,26H,1-5,9,11-15H2. The molecule has 2 aromatic rings. The number of hydrogen-bond acceptors (Lipinski definition) is 5. The molecule has 1 N–H and O–H groups in total. The number of benzene rings is 1. The molecule has 4 aliphatic rings. The Morgan fingerprint density at radius 1 is 0.931 bits per heavy atom. The number of aromatic nitrogens is 2. The van der Waals surface area contributed by atoms with Gasteiger partial charge in [-0.05, 0) is 43.9 Å². The third-order valence-corrected chi connectivity index (χ3v) is 7.20.